The second kappa shape index (κ2) is 6.35. The molecule has 2 aromatic rings. The van der Waals surface area contributed by atoms with Crippen LogP contribution in [0.5, 0.6) is 0 Å². The number of benzene rings is 1. The van der Waals surface area contributed by atoms with Gasteiger partial charge in [0.1, 0.15) is 11.5 Å². The molecule has 7 heteroatoms. The van der Waals surface area contributed by atoms with E-state index in [2.05, 4.69) is 15.6 Å². The van der Waals surface area contributed by atoms with Crippen LogP contribution in [0.25, 0.3) is 5.69 Å². The molecular weight excluding hydrogens is 254 g/mol. The largest absolute Gasteiger partial charge is 0.383 e. The van der Waals surface area contributed by atoms with E-state index in [1.54, 1.807) is 13.3 Å². The van der Waals surface area contributed by atoms with E-state index in [0.29, 0.717) is 25.4 Å². The zero-order valence-electron chi connectivity index (χ0n) is 10.4. The lowest BCUT2D eigenvalue weighted by Crippen LogP contribution is -2.18. The van der Waals surface area contributed by atoms with Gasteiger partial charge in [-0.25, -0.2) is 13.5 Å². The number of rotatable bonds is 6. The highest BCUT2D eigenvalue weighted by Crippen LogP contribution is 2.13. The molecule has 0 saturated heterocycles. The molecule has 0 amide bonds. The lowest BCUT2D eigenvalue weighted by Gasteiger charge is -2.01. The summed E-state index contributed by atoms with van der Waals surface area (Å²) in [6.07, 6.45) is 1.59. The molecule has 1 heterocycles. The van der Waals surface area contributed by atoms with Crippen LogP contribution in [0, 0.1) is 11.6 Å². The van der Waals surface area contributed by atoms with Crippen molar-refractivity contribution in [3.8, 4) is 5.69 Å². The first-order chi connectivity index (χ1) is 9.20. The van der Waals surface area contributed by atoms with Gasteiger partial charge in [-0.3, -0.25) is 0 Å². The second-order valence-corrected chi connectivity index (χ2v) is 3.92. The van der Waals surface area contributed by atoms with Gasteiger partial charge in [0.2, 0.25) is 0 Å². The van der Waals surface area contributed by atoms with E-state index in [1.165, 1.54) is 16.8 Å². The molecule has 19 heavy (non-hydrogen) atoms. The molecule has 0 saturated carbocycles. The maximum Gasteiger partial charge on any atom is 0.151 e. The van der Waals surface area contributed by atoms with Crippen LogP contribution in [0.2, 0.25) is 0 Å². The highest BCUT2D eigenvalue weighted by molar-refractivity contribution is 5.32. The molecule has 0 unspecified atom stereocenters. The van der Waals surface area contributed by atoms with E-state index in [9.17, 15) is 8.78 Å². The lowest BCUT2D eigenvalue weighted by atomic mass is 10.3. The molecule has 5 nitrogen and oxygen atoms in total. The molecule has 0 radical (unpaired) electrons. The Morgan fingerprint density at radius 2 is 2.21 bits per heavy atom. The highest BCUT2D eigenvalue weighted by atomic mass is 19.1. The summed E-state index contributed by atoms with van der Waals surface area (Å²) >= 11 is 0. The van der Waals surface area contributed by atoms with Crippen LogP contribution in [0.15, 0.2) is 24.4 Å². The van der Waals surface area contributed by atoms with Gasteiger partial charge in [0.05, 0.1) is 18.5 Å². The van der Waals surface area contributed by atoms with Crippen LogP contribution in [0.3, 0.4) is 0 Å². The van der Waals surface area contributed by atoms with Crippen LogP contribution < -0.4 is 5.32 Å². The molecule has 0 fully saturated rings. The predicted octanol–water partition coefficient (Wildman–Crippen LogP) is 1.28. The number of aromatic nitrogens is 3. The maximum absolute atomic E-state index is 13.5. The number of methoxy groups -OCH3 is 1. The third-order valence-corrected chi connectivity index (χ3v) is 2.49. The Kier molecular flexibility index (Phi) is 4.53. The van der Waals surface area contributed by atoms with Gasteiger partial charge in [-0.15, -0.1) is 5.10 Å². The number of hydrogen-bond acceptors (Lipinski definition) is 4. The fourth-order valence-electron chi connectivity index (χ4n) is 1.55. The monoisotopic (exact) mass is 268 g/mol. The quantitative estimate of drug-likeness (QED) is 0.802. The zero-order valence-corrected chi connectivity index (χ0v) is 10.4. The minimum absolute atomic E-state index is 0.164. The van der Waals surface area contributed by atoms with Gasteiger partial charge in [0, 0.05) is 26.3 Å². The van der Waals surface area contributed by atoms with Crippen LogP contribution in [0.1, 0.15) is 5.69 Å². The van der Waals surface area contributed by atoms with Crippen molar-refractivity contribution in [1.29, 1.82) is 0 Å². The number of nitrogens with zero attached hydrogens (tertiary/aromatic N) is 3. The minimum atomic E-state index is -0.677. The summed E-state index contributed by atoms with van der Waals surface area (Å²) in [4.78, 5) is 0. The van der Waals surface area contributed by atoms with E-state index in [1.807, 2.05) is 0 Å². The molecule has 0 aliphatic rings. The highest BCUT2D eigenvalue weighted by Gasteiger charge is 2.08. The van der Waals surface area contributed by atoms with Gasteiger partial charge < -0.3 is 10.1 Å². The maximum atomic E-state index is 13.5. The Bertz CT molecular complexity index is 544. The fraction of sp³-hybridized carbons (Fsp3) is 0.333. The van der Waals surface area contributed by atoms with Crippen LogP contribution >= 0.6 is 0 Å². The van der Waals surface area contributed by atoms with Crippen molar-refractivity contribution >= 4 is 0 Å². The summed E-state index contributed by atoms with van der Waals surface area (Å²) in [5, 5.41) is 10.8. The second-order valence-electron chi connectivity index (χ2n) is 3.92. The Morgan fingerprint density at radius 3 is 2.95 bits per heavy atom. The Hall–Kier alpha value is -1.86. The average molecular weight is 268 g/mol. The molecule has 1 aromatic carbocycles. The third kappa shape index (κ3) is 3.55. The molecule has 0 aliphatic heterocycles. The van der Waals surface area contributed by atoms with Crippen molar-refractivity contribution in [2.75, 3.05) is 20.3 Å². The summed E-state index contributed by atoms with van der Waals surface area (Å²) in [6, 6.07) is 3.31. The first-order valence-electron chi connectivity index (χ1n) is 5.77. The topological polar surface area (TPSA) is 52.0 Å². The average Bonchev–Trinajstić information content (AvgIpc) is 2.83. The van der Waals surface area contributed by atoms with Gasteiger partial charge in [-0.1, -0.05) is 5.21 Å². The predicted molar refractivity (Wildman–Crippen MR) is 64.9 cm³/mol. The molecular formula is C12H14F2N4O. The first-order valence-corrected chi connectivity index (χ1v) is 5.77. The molecule has 0 spiro atoms. The smallest absolute Gasteiger partial charge is 0.151 e. The molecule has 0 aliphatic carbocycles. The van der Waals surface area contributed by atoms with Gasteiger partial charge in [-0.2, -0.15) is 0 Å². The van der Waals surface area contributed by atoms with E-state index >= 15 is 0 Å². The van der Waals surface area contributed by atoms with Crippen molar-refractivity contribution in [1.82, 2.24) is 20.3 Å². The van der Waals surface area contributed by atoms with Crippen LogP contribution in [-0.2, 0) is 11.3 Å². The molecule has 2 rings (SSSR count). The van der Waals surface area contributed by atoms with Gasteiger partial charge in [0.15, 0.2) is 5.82 Å². The zero-order chi connectivity index (χ0) is 13.7. The number of hydrogen-bond donors (Lipinski definition) is 1. The van der Waals surface area contributed by atoms with Crippen molar-refractivity contribution in [2.24, 2.45) is 0 Å². The normalized spacial score (nSPS) is 10.9. The van der Waals surface area contributed by atoms with E-state index < -0.39 is 11.6 Å². The van der Waals surface area contributed by atoms with E-state index in [4.69, 9.17) is 4.74 Å². The van der Waals surface area contributed by atoms with Crippen LogP contribution in [0.4, 0.5) is 8.78 Å². The molecule has 102 valence electrons. The van der Waals surface area contributed by atoms with Crippen molar-refractivity contribution < 1.29 is 13.5 Å². The fourth-order valence-corrected chi connectivity index (χ4v) is 1.55. The third-order valence-electron chi connectivity index (χ3n) is 2.49. The first kappa shape index (κ1) is 13.6. The minimum Gasteiger partial charge on any atom is -0.383 e. The summed E-state index contributed by atoms with van der Waals surface area (Å²) < 4.78 is 32.5. The van der Waals surface area contributed by atoms with Crippen LogP contribution in [-0.4, -0.2) is 35.3 Å². The van der Waals surface area contributed by atoms with Crippen molar-refractivity contribution in [2.45, 2.75) is 6.54 Å². The number of halogens is 2. The summed E-state index contributed by atoms with van der Waals surface area (Å²) in [5.41, 5.74) is 0.830. The van der Waals surface area contributed by atoms with E-state index in [-0.39, 0.29) is 5.69 Å². The standard InChI is InChI=1S/C12H14F2N4O/c1-19-5-4-15-7-10-8-18(17-16-10)12-3-2-9(13)6-11(12)14/h2-3,6,8,15H,4-5,7H2,1H3. The SMILES string of the molecule is COCCNCc1cn(-c2ccc(F)cc2F)nn1. The summed E-state index contributed by atoms with van der Waals surface area (Å²) in [7, 11) is 1.62. The van der Waals surface area contributed by atoms with Gasteiger partial charge in [-0.05, 0) is 12.1 Å². The summed E-state index contributed by atoms with van der Waals surface area (Å²) in [5.74, 6) is -1.30. The number of nitrogens with one attached hydrogen (secondary N) is 1. The molecule has 1 aromatic heterocycles. The number of ether oxygens (including phenoxy) is 1. The summed E-state index contributed by atoms with van der Waals surface area (Å²) in [6.45, 7) is 1.79. The van der Waals surface area contributed by atoms with E-state index in [0.717, 1.165) is 6.07 Å². The van der Waals surface area contributed by atoms with Crippen molar-refractivity contribution in [3.63, 3.8) is 0 Å². The Labute approximate surface area is 109 Å². The van der Waals surface area contributed by atoms with Gasteiger partial charge in [0.25, 0.3) is 0 Å². The Balaban J connectivity index is 2.04. The molecule has 0 bridgehead atoms. The molecule has 0 atom stereocenters. The van der Waals surface area contributed by atoms with Gasteiger partial charge >= 0.3 is 0 Å². The van der Waals surface area contributed by atoms with Crippen molar-refractivity contribution in [3.05, 3.63) is 41.7 Å². The lowest BCUT2D eigenvalue weighted by molar-refractivity contribution is 0.199. The molecule has 1 N–H and O–H groups in total. The Morgan fingerprint density at radius 1 is 1.37 bits per heavy atom.